The van der Waals surface area contributed by atoms with Crippen molar-refractivity contribution < 1.29 is 4.74 Å². The molecule has 0 amide bonds. The Hall–Kier alpha value is -1.89. The van der Waals surface area contributed by atoms with Crippen LogP contribution in [0.2, 0.25) is 0 Å². The van der Waals surface area contributed by atoms with Crippen LogP contribution in [-0.4, -0.2) is 26.2 Å². The molecule has 0 aromatic carbocycles. The molecule has 7 nitrogen and oxygen atoms in total. The summed E-state index contributed by atoms with van der Waals surface area (Å²) in [5, 5.41) is 0. The van der Waals surface area contributed by atoms with Gasteiger partial charge in [-0.3, -0.25) is 9.36 Å². The molecule has 1 N–H and O–H groups in total. The first kappa shape index (κ1) is 10.6. The number of ether oxygens (including phenoxy) is 1. The summed E-state index contributed by atoms with van der Waals surface area (Å²) < 4.78 is 7.34. The van der Waals surface area contributed by atoms with Crippen LogP contribution < -0.4 is 11.2 Å². The molecule has 16 heavy (non-hydrogen) atoms. The van der Waals surface area contributed by atoms with E-state index in [2.05, 4.69) is 9.97 Å². The molecule has 7 heteroatoms. The molecule has 0 aliphatic rings. The zero-order valence-corrected chi connectivity index (χ0v) is 9.22. The summed E-state index contributed by atoms with van der Waals surface area (Å²) in [5.41, 5.74) is -0.232. The zero-order chi connectivity index (χ0) is 11.9. The number of fused-ring (bicyclic) bond motifs is 1. The van der Waals surface area contributed by atoms with Crippen molar-refractivity contribution in [2.24, 2.45) is 7.05 Å². The van der Waals surface area contributed by atoms with E-state index in [1.807, 2.05) is 0 Å². The molecule has 86 valence electrons. The molecule has 0 saturated heterocycles. The van der Waals surface area contributed by atoms with Crippen molar-refractivity contribution in [3.63, 3.8) is 0 Å². The largest absolute Gasteiger partial charge is 0.361 e. The molecule has 0 radical (unpaired) electrons. The second-order valence-electron chi connectivity index (χ2n) is 3.45. The standard InChI is InChI=1S/C9H12N4O3/c1-5(16-3)13-8(14)6-7(11-4-10-6)12(2)9(13)15/h4-5H,1-3H3,(H,10,11). The van der Waals surface area contributed by atoms with Gasteiger partial charge in [0.2, 0.25) is 0 Å². The number of hydrogen-bond donors (Lipinski definition) is 1. The molecule has 2 rings (SSSR count). The maximum atomic E-state index is 12.0. The molecule has 2 aromatic rings. The number of hydrogen-bond acceptors (Lipinski definition) is 4. The molecule has 0 aliphatic carbocycles. The van der Waals surface area contributed by atoms with E-state index in [-0.39, 0.29) is 0 Å². The third-order valence-corrected chi connectivity index (χ3v) is 2.57. The molecule has 0 bridgehead atoms. The van der Waals surface area contributed by atoms with Crippen LogP contribution in [0, 0.1) is 0 Å². The van der Waals surface area contributed by atoms with Gasteiger partial charge < -0.3 is 9.72 Å². The Kier molecular flexibility index (Phi) is 2.39. The molecule has 0 fully saturated rings. The Balaban J connectivity index is 2.94. The molecule has 2 heterocycles. The summed E-state index contributed by atoms with van der Waals surface area (Å²) in [6.07, 6.45) is 0.770. The summed E-state index contributed by atoms with van der Waals surface area (Å²) in [5.74, 6) is 0. The minimum absolute atomic E-state index is 0.297. The molecule has 0 saturated carbocycles. The van der Waals surface area contributed by atoms with Crippen LogP contribution in [0.3, 0.4) is 0 Å². The van der Waals surface area contributed by atoms with E-state index in [4.69, 9.17) is 4.74 Å². The number of aromatic amines is 1. The predicted octanol–water partition coefficient (Wildman–Crippen LogP) is -0.412. The van der Waals surface area contributed by atoms with Gasteiger partial charge in [0.25, 0.3) is 5.56 Å². The summed E-state index contributed by atoms with van der Waals surface area (Å²) in [7, 11) is 3.00. The van der Waals surface area contributed by atoms with Crippen molar-refractivity contribution in [1.29, 1.82) is 0 Å². The van der Waals surface area contributed by atoms with Crippen LogP contribution in [0.1, 0.15) is 13.2 Å². The average molecular weight is 224 g/mol. The highest BCUT2D eigenvalue weighted by Gasteiger charge is 2.16. The first-order valence-electron chi connectivity index (χ1n) is 4.75. The van der Waals surface area contributed by atoms with Crippen LogP contribution in [0.5, 0.6) is 0 Å². The van der Waals surface area contributed by atoms with Crippen LogP contribution in [0.4, 0.5) is 0 Å². The van der Waals surface area contributed by atoms with Crippen LogP contribution >= 0.6 is 0 Å². The van der Waals surface area contributed by atoms with Crippen molar-refractivity contribution >= 4 is 11.2 Å². The minimum atomic E-state index is -0.612. The number of aromatic nitrogens is 4. The second-order valence-corrected chi connectivity index (χ2v) is 3.45. The highest BCUT2D eigenvalue weighted by Crippen LogP contribution is 2.03. The molecule has 1 atom stereocenters. The number of nitrogens with one attached hydrogen (secondary N) is 1. The van der Waals surface area contributed by atoms with E-state index in [0.29, 0.717) is 11.2 Å². The molecular weight excluding hydrogens is 212 g/mol. The molecule has 0 spiro atoms. The second kappa shape index (κ2) is 3.60. The maximum absolute atomic E-state index is 12.0. The summed E-state index contributed by atoms with van der Waals surface area (Å²) in [6.45, 7) is 1.63. The van der Waals surface area contributed by atoms with Crippen molar-refractivity contribution in [3.8, 4) is 0 Å². The minimum Gasteiger partial charge on any atom is -0.361 e. The van der Waals surface area contributed by atoms with Gasteiger partial charge >= 0.3 is 5.69 Å². The summed E-state index contributed by atoms with van der Waals surface area (Å²) >= 11 is 0. The van der Waals surface area contributed by atoms with E-state index >= 15 is 0 Å². The molecule has 2 aromatic heterocycles. The van der Waals surface area contributed by atoms with E-state index < -0.39 is 17.5 Å². The van der Waals surface area contributed by atoms with Gasteiger partial charge in [-0.1, -0.05) is 0 Å². The number of rotatable bonds is 2. The van der Waals surface area contributed by atoms with Gasteiger partial charge in [-0.2, -0.15) is 0 Å². The van der Waals surface area contributed by atoms with E-state index in [9.17, 15) is 9.59 Å². The lowest BCUT2D eigenvalue weighted by Gasteiger charge is -2.13. The highest BCUT2D eigenvalue weighted by molar-refractivity contribution is 5.68. The number of methoxy groups -OCH3 is 1. The van der Waals surface area contributed by atoms with Crippen molar-refractivity contribution in [2.75, 3.05) is 7.11 Å². The molecule has 1 unspecified atom stereocenters. The van der Waals surface area contributed by atoms with Crippen molar-refractivity contribution in [2.45, 2.75) is 13.2 Å². The Morgan fingerprint density at radius 2 is 2.19 bits per heavy atom. The number of imidazole rings is 1. The Morgan fingerprint density at radius 3 is 2.81 bits per heavy atom. The van der Waals surface area contributed by atoms with Crippen molar-refractivity contribution in [1.82, 2.24) is 19.1 Å². The van der Waals surface area contributed by atoms with Gasteiger partial charge in [-0.25, -0.2) is 14.3 Å². The monoisotopic (exact) mass is 224 g/mol. The van der Waals surface area contributed by atoms with Gasteiger partial charge in [-0.15, -0.1) is 0 Å². The van der Waals surface area contributed by atoms with E-state index in [1.165, 1.54) is 18.0 Å². The normalized spacial score (nSPS) is 13.2. The van der Waals surface area contributed by atoms with E-state index in [0.717, 1.165) is 4.57 Å². The van der Waals surface area contributed by atoms with Gasteiger partial charge in [-0.05, 0) is 6.92 Å². The first-order valence-corrected chi connectivity index (χ1v) is 4.75. The van der Waals surface area contributed by atoms with Crippen LogP contribution in [0.25, 0.3) is 11.2 Å². The van der Waals surface area contributed by atoms with Gasteiger partial charge in [0, 0.05) is 14.2 Å². The SMILES string of the molecule is COC(C)n1c(=O)c2[nH]cnc2n(C)c1=O. The maximum Gasteiger partial charge on any atom is 0.334 e. The number of H-pyrrole nitrogens is 1. The zero-order valence-electron chi connectivity index (χ0n) is 9.22. The third-order valence-electron chi connectivity index (χ3n) is 2.57. The topological polar surface area (TPSA) is 81.9 Å². The fourth-order valence-electron chi connectivity index (χ4n) is 1.58. The lowest BCUT2D eigenvalue weighted by molar-refractivity contribution is 0.0533. The molecular formula is C9H12N4O3. The fourth-order valence-corrected chi connectivity index (χ4v) is 1.58. The van der Waals surface area contributed by atoms with Crippen LogP contribution in [-0.2, 0) is 11.8 Å². The fraction of sp³-hybridized carbons (Fsp3) is 0.444. The van der Waals surface area contributed by atoms with Gasteiger partial charge in [0.1, 0.15) is 11.7 Å². The Labute approximate surface area is 90.3 Å². The van der Waals surface area contributed by atoms with E-state index in [1.54, 1.807) is 14.0 Å². The molecule has 0 aliphatic heterocycles. The van der Waals surface area contributed by atoms with Crippen LogP contribution in [0.15, 0.2) is 15.9 Å². The first-order chi connectivity index (χ1) is 7.57. The van der Waals surface area contributed by atoms with Crippen molar-refractivity contribution in [3.05, 3.63) is 27.2 Å². The summed E-state index contributed by atoms with van der Waals surface area (Å²) in [6, 6.07) is 0. The van der Waals surface area contributed by atoms with Gasteiger partial charge in [0.05, 0.1) is 6.33 Å². The Bertz CT molecular complexity index is 636. The lowest BCUT2D eigenvalue weighted by Crippen LogP contribution is -2.41. The lowest BCUT2D eigenvalue weighted by atomic mass is 10.5. The predicted molar refractivity (Wildman–Crippen MR) is 57.3 cm³/mol. The van der Waals surface area contributed by atoms with Gasteiger partial charge in [0.15, 0.2) is 5.65 Å². The number of nitrogens with zero attached hydrogens (tertiary/aromatic N) is 3. The Morgan fingerprint density at radius 1 is 1.50 bits per heavy atom. The number of aryl methyl sites for hydroxylation is 1. The highest BCUT2D eigenvalue weighted by atomic mass is 16.5. The quantitative estimate of drug-likeness (QED) is 0.751. The summed E-state index contributed by atoms with van der Waals surface area (Å²) in [4.78, 5) is 30.5. The smallest absolute Gasteiger partial charge is 0.334 e. The average Bonchev–Trinajstić information content (AvgIpc) is 2.75. The third kappa shape index (κ3) is 1.28.